The fourth-order valence-electron chi connectivity index (χ4n) is 2.81. The van der Waals surface area contributed by atoms with Crippen LogP contribution in [0, 0.1) is 0 Å². The minimum atomic E-state index is -0.469. The Labute approximate surface area is 135 Å². The second kappa shape index (κ2) is 11.8. The Morgan fingerprint density at radius 3 is 1.05 bits per heavy atom. The van der Waals surface area contributed by atoms with Crippen LogP contribution >= 0.6 is 0 Å². The highest BCUT2D eigenvalue weighted by molar-refractivity contribution is 6.58. The van der Waals surface area contributed by atoms with Crippen molar-refractivity contribution in [3.05, 3.63) is 0 Å². The van der Waals surface area contributed by atoms with Crippen LogP contribution in [-0.2, 0) is 18.9 Å². The largest absolute Gasteiger partial charge is 0.355 e. The van der Waals surface area contributed by atoms with Crippen molar-refractivity contribution in [1.29, 1.82) is 0 Å². The van der Waals surface area contributed by atoms with Gasteiger partial charge < -0.3 is 18.9 Å². The second-order valence-corrected chi connectivity index (χ2v) is 11.1. The summed E-state index contributed by atoms with van der Waals surface area (Å²) in [6, 6.07) is 0. The zero-order chi connectivity index (χ0) is 16.2. The zero-order valence-electron chi connectivity index (χ0n) is 15.0. The number of rotatable bonds is 14. The first-order valence-electron chi connectivity index (χ1n) is 8.63. The molecule has 4 nitrogen and oxygen atoms in total. The minimum absolute atomic E-state index is 0.283. The summed E-state index contributed by atoms with van der Waals surface area (Å²) in [4.78, 5) is 0. The Hall–Kier alpha value is 0.274. The first-order chi connectivity index (χ1) is 10.1. The first-order valence-corrected chi connectivity index (χ1v) is 12.0. The van der Waals surface area contributed by atoms with Crippen LogP contribution in [0.1, 0.15) is 54.4 Å². The third-order valence-corrected chi connectivity index (χ3v) is 9.99. The normalized spacial score (nSPS) is 14.0. The van der Waals surface area contributed by atoms with Gasteiger partial charge in [0.15, 0.2) is 0 Å². The Balaban J connectivity index is 4.62. The molecule has 0 aliphatic carbocycles. The maximum atomic E-state index is 5.97. The lowest BCUT2D eigenvalue weighted by Gasteiger charge is -2.35. The Kier molecular flexibility index (Phi) is 11.9. The first kappa shape index (κ1) is 21.3. The molecule has 0 saturated heterocycles. The Bertz CT molecular complexity index is 216. The summed E-state index contributed by atoms with van der Waals surface area (Å²) in [7, 11) is -0.939. The van der Waals surface area contributed by atoms with Crippen molar-refractivity contribution in [2.45, 2.75) is 70.9 Å². The van der Waals surface area contributed by atoms with Crippen LogP contribution in [-0.4, -0.2) is 56.3 Å². The highest BCUT2D eigenvalue weighted by Gasteiger charge is 2.33. The monoisotopic (exact) mass is 336 g/mol. The van der Waals surface area contributed by atoms with Crippen molar-refractivity contribution in [3.63, 3.8) is 0 Å². The van der Waals surface area contributed by atoms with Gasteiger partial charge in [-0.15, -0.1) is 0 Å². The Morgan fingerprint density at radius 1 is 0.571 bits per heavy atom. The molecule has 0 amide bonds. The van der Waals surface area contributed by atoms with Crippen LogP contribution in [0.3, 0.4) is 0 Å². The van der Waals surface area contributed by atoms with Crippen molar-refractivity contribution >= 4 is 19.0 Å². The van der Waals surface area contributed by atoms with Crippen LogP contribution in [0.4, 0.5) is 0 Å². The van der Waals surface area contributed by atoms with E-state index in [-0.39, 0.29) is 10.8 Å². The molecule has 0 unspecified atom stereocenters. The molecule has 0 aromatic rings. The van der Waals surface area contributed by atoms with E-state index in [0.717, 1.165) is 39.3 Å². The highest BCUT2D eigenvalue weighted by atomic mass is 28.3. The fraction of sp³-hybridized carbons (Fsp3) is 1.00. The third kappa shape index (κ3) is 7.39. The fourth-order valence-corrected chi connectivity index (χ4v) is 9.93. The molecule has 0 radical (unpaired) electrons. The lowest BCUT2D eigenvalue weighted by atomic mass is 10.4. The van der Waals surface area contributed by atoms with E-state index in [9.17, 15) is 0 Å². The maximum absolute atomic E-state index is 5.97. The molecule has 0 fully saturated rings. The zero-order valence-corrected chi connectivity index (χ0v) is 17.8. The van der Waals surface area contributed by atoms with Gasteiger partial charge in [-0.3, -0.25) is 0 Å². The van der Waals surface area contributed by atoms with Crippen LogP contribution in [0.5, 0.6) is 0 Å². The van der Waals surface area contributed by atoms with Crippen molar-refractivity contribution in [2.24, 2.45) is 0 Å². The molecule has 0 aromatic heterocycles. The van der Waals surface area contributed by atoms with E-state index in [1.165, 1.54) is 5.67 Å². The number of ether oxygens (including phenoxy) is 4. The van der Waals surface area contributed by atoms with Gasteiger partial charge in [0.25, 0.3) is 0 Å². The van der Waals surface area contributed by atoms with E-state index >= 15 is 0 Å². The van der Waals surface area contributed by atoms with E-state index in [0.29, 0.717) is 0 Å². The van der Waals surface area contributed by atoms with Crippen LogP contribution in [0.15, 0.2) is 0 Å². The summed E-state index contributed by atoms with van der Waals surface area (Å²) in [5, 5.41) is 0. The van der Waals surface area contributed by atoms with Crippen LogP contribution < -0.4 is 0 Å². The average Bonchev–Trinajstić information content (AvgIpc) is 2.48. The summed E-state index contributed by atoms with van der Waals surface area (Å²) in [5.74, 6) is 0. The summed E-state index contributed by atoms with van der Waals surface area (Å²) >= 11 is 0. The molecule has 0 atom stereocenters. The predicted octanol–water partition coefficient (Wildman–Crippen LogP) is 1.97. The second-order valence-electron chi connectivity index (χ2n) is 5.11. The summed E-state index contributed by atoms with van der Waals surface area (Å²) in [6.07, 6.45) is 1.88. The molecule has 0 rings (SSSR count). The quantitative estimate of drug-likeness (QED) is 0.359. The molecule has 6 heteroatoms. The van der Waals surface area contributed by atoms with Gasteiger partial charge in [-0.25, -0.2) is 0 Å². The highest BCUT2D eigenvalue weighted by Crippen LogP contribution is 2.22. The molecule has 0 aliphatic rings. The van der Waals surface area contributed by atoms with Crippen molar-refractivity contribution in [1.82, 2.24) is 0 Å². The molecule has 0 heterocycles. The molecule has 21 heavy (non-hydrogen) atoms. The van der Waals surface area contributed by atoms with Gasteiger partial charge in [0.2, 0.25) is 0 Å². The van der Waals surface area contributed by atoms with Crippen molar-refractivity contribution < 1.29 is 18.9 Å². The van der Waals surface area contributed by atoms with E-state index in [1.54, 1.807) is 0 Å². The summed E-state index contributed by atoms with van der Waals surface area (Å²) in [5.41, 5.74) is 0.671. The van der Waals surface area contributed by atoms with E-state index in [2.05, 4.69) is 13.8 Å². The summed E-state index contributed by atoms with van der Waals surface area (Å²) < 4.78 is 23.9. The topological polar surface area (TPSA) is 36.9 Å². The van der Waals surface area contributed by atoms with Crippen LogP contribution in [0.2, 0.25) is 5.67 Å². The van der Waals surface area contributed by atoms with E-state index in [1.807, 2.05) is 27.7 Å². The van der Waals surface area contributed by atoms with Crippen molar-refractivity contribution in [2.75, 3.05) is 26.4 Å². The lowest BCUT2D eigenvalue weighted by molar-refractivity contribution is -0.178. The standard InChI is InChI=1S/C15H36O4Si2/c1-7-14(16-9-3,17-10-4)20-13-21-15(8-2,18-11-5)19-12-6/h7-13,20-21H2,1-6H3. The molecule has 128 valence electrons. The molecule has 0 N–H and O–H groups in total. The van der Waals surface area contributed by atoms with Crippen molar-refractivity contribution in [3.8, 4) is 0 Å². The molecule has 0 saturated carbocycles. The van der Waals surface area contributed by atoms with Gasteiger partial charge in [0, 0.05) is 26.4 Å². The van der Waals surface area contributed by atoms with Gasteiger partial charge in [-0.2, -0.15) is 0 Å². The molecule has 0 bridgehead atoms. The number of hydrogen-bond acceptors (Lipinski definition) is 4. The van der Waals surface area contributed by atoms with Gasteiger partial charge in [-0.1, -0.05) is 19.5 Å². The van der Waals surface area contributed by atoms with Gasteiger partial charge in [0.05, 0.1) is 19.0 Å². The van der Waals surface area contributed by atoms with Gasteiger partial charge in [0.1, 0.15) is 10.8 Å². The molecular weight excluding hydrogens is 300 g/mol. The SMILES string of the molecule is CCOC(CC)(OCC)[SiH2]C[SiH2]C(CC)(OCC)OCC. The number of hydrogen-bond donors (Lipinski definition) is 0. The molecule has 0 spiro atoms. The Morgan fingerprint density at radius 2 is 0.857 bits per heavy atom. The maximum Gasteiger partial charge on any atom is 0.144 e. The summed E-state index contributed by atoms with van der Waals surface area (Å²) in [6.45, 7) is 15.4. The van der Waals surface area contributed by atoms with Gasteiger partial charge in [-0.05, 0) is 40.5 Å². The predicted molar refractivity (Wildman–Crippen MR) is 94.4 cm³/mol. The third-order valence-electron chi connectivity index (χ3n) is 3.82. The van der Waals surface area contributed by atoms with Gasteiger partial charge >= 0.3 is 0 Å². The smallest absolute Gasteiger partial charge is 0.144 e. The molecule has 0 aliphatic heterocycles. The average molecular weight is 337 g/mol. The van der Waals surface area contributed by atoms with Crippen LogP contribution in [0.25, 0.3) is 0 Å². The van der Waals surface area contributed by atoms with E-state index in [4.69, 9.17) is 18.9 Å². The lowest BCUT2D eigenvalue weighted by Crippen LogP contribution is -2.47. The molecule has 0 aromatic carbocycles. The molecular formula is C15H36O4Si2. The van der Waals surface area contributed by atoms with E-state index < -0.39 is 19.0 Å². The minimum Gasteiger partial charge on any atom is -0.355 e.